The van der Waals surface area contributed by atoms with Gasteiger partial charge in [-0.1, -0.05) is 18.2 Å². The summed E-state index contributed by atoms with van der Waals surface area (Å²) in [6.45, 7) is 1.86. The second kappa shape index (κ2) is 7.06. The molecule has 2 heterocycles. The van der Waals surface area contributed by atoms with Crippen molar-refractivity contribution in [1.29, 1.82) is 0 Å². The van der Waals surface area contributed by atoms with Crippen LogP contribution in [0, 0.1) is 0 Å². The minimum absolute atomic E-state index is 0.0109. The average molecular weight is 368 g/mol. The normalized spacial score (nSPS) is 14.2. The zero-order valence-electron chi connectivity index (χ0n) is 15.3. The molecule has 0 atom stereocenters. The molecule has 0 saturated carbocycles. The lowest BCUT2D eigenvalue weighted by Crippen LogP contribution is -2.38. The number of nitrogens with zero attached hydrogens (tertiary/aromatic N) is 3. The largest absolute Gasteiger partial charge is 0.494 e. The van der Waals surface area contributed by atoms with Crippen LogP contribution >= 0.6 is 0 Å². The molecule has 8 nitrogen and oxygen atoms in total. The monoisotopic (exact) mass is 368 g/mol. The van der Waals surface area contributed by atoms with E-state index in [1.807, 2.05) is 24.3 Å². The van der Waals surface area contributed by atoms with Crippen LogP contribution < -0.4 is 27.1 Å². The molecule has 140 valence electrons. The molecule has 2 aromatic rings. The Labute approximate surface area is 154 Å². The molecule has 1 aromatic heterocycles. The van der Waals surface area contributed by atoms with Crippen LogP contribution in [0.4, 0.5) is 0 Å². The molecule has 0 spiro atoms. The molecule has 3 rings (SSSR count). The summed E-state index contributed by atoms with van der Waals surface area (Å²) in [6.07, 6.45) is 2.00. The van der Waals surface area contributed by atoms with Crippen molar-refractivity contribution >= 4 is 17.6 Å². The standard InChI is InChI=1S/C19H20N4O4/c1-11(24)20-9-8-13-12-6-4-5-7-15(12)21-16(13)10-14-17(25)22(2)19(27)23(3)18(14)26/h4-7,10,25H,8-9H2,1-3H3,(H,20,24)/b16-10-. The Morgan fingerprint density at radius 3 is 2.63 bits per heavy atom. The van der Waals surface area contributed by atoms with Crippen molar-refractivity contribution in [2.24, 2.45) is 19.1 Å². The number of rotatable bonds is 4. The molecule has 0 aliphatic carbocycles. The number of para-hydroxylation sites is 1. The molecule has 1 aliphatic heterocycles. The number of fused-ring (bicyclic) bond motifs is 1. The highest BCUT2D eigenvalue weighted by molar-refractivity contribution is 5.77. The van der Waals surface area contributed by atoms with Gasteiger partial charge in [-0.15, -0.1) is 0 Å². The fourth-order valence-corrected chi connectivity index (χ4v) is 3.03. The van der Waals surface area contributed by atoms with E-state index in [2.05, 4.69) is 10.3 Å². The van der Waals surface area contributed by atoms with Crippen molar-refractivity contribution in [2.45, 2.75) is 13.3 Å². The van der Waals surface area contributed by atoms with Gasteiger partial charge >= 0.3 is 5.69 Å². The van der Waals surface area contributed by atoms with Gasteiger partial charge in [-0.2, -0.15) is 0 Å². The van der Waals surface area contributed by atoms with Crippen LogP contribution in [0.1, 0.15) is 18.9 Å². The Morgan fingerprint density at radius 2 is 1.93 bits per heavy atom. The number of hydrogen-bond acceptors (Lipinski definition) is 5. The maximum atomic E-state index is 12.5. The Kier molecular flexibility index (Phi) is 4.81. The first kappa shape index (κ1) is 18.4. The molecule has 0 unspecified atom stereocenters. The van der Waals surface area contributed by atoms with Gasteiger partial charge < -0.3 is 10.4 Å². The van der Waals surface area contributed by atoms with Gasteiger partial charge in [0.25, 0.3) is 5.56 Å². The van der Waals surface area contributed by atoms with Crippen LogP contribution in [-0.4, -0.2) is 26.7 Å². The van der Waals surface area contributed by atoms with Crippen LogP contribution in [0.15, 0.2) is 44.5 Å². The van der Waals surface area contributed by atoms with Crippen molar-refractivity contribution in [1.82, 2.24) is 14.5 Å². The number of carbonyl (C=O) groups is 1. The summed E-state index contributed by atoms with van der Waals surface area (Å²) in [5, 5.41) is 14.7. The molecule has 0 saturated heterocycles. The SMILES string of the molecule is CC(=O)NCCC1=c2ccccc2=N/C1=C\c1c(O)n(C)c(=O)n(C)c1=O. The summed E-state index contributed by atoms with van der Waals surface area (Å²) >= 11 is 0. The van der Waals surface area contributed by atoms with Gasteiger partial charge in [0.2, 0.25) is 11.8 Å². The van der Waals surface area contributed by atoms with Crippen molar-refractivity contribution in [2.75, 3.05) is 6.54 Å². The van der Waals surface area contributed by atoms with Crippen molar-refractivity contribution in [3.05, 3.63) is 66.9 Å². The molecular formula is C19H20N4O4. The molecule has 8 heteroatoms. The highest BCUT2D eigenvalue weighted by Crippen LogP contribution is 2.22. The summed E-state index contributed by atoms with van der Waals surface area (Å²) in [6, 6.07) is 7.52. The number of carbonyl (C=O) groups excluding carboxylic acids is 1. The first-order valence-electron chi connectivity index (χ1n) is 8.43. The molecule has 0 fully saturated rings. The van der Waals surface area contributed by atoms with Gasteiger partial charge in [0, 0.05) is 32.8 Å². The first-order valence-corrected chi connectivity index (χ1v) is 8.43. The summed E-state index contributed by atoms with van der Waals surface area (Å²) in [7, 11) is 2.75. The molecule has 1 aromatic carbocycles. The van der Waals surface area contributed by atoms with Crippen LogP contribution in [0.25, 0.3) is 11.6 Å². The fourth-order valence-electron chi connectivity index (χ4n) is 3.03. The van der Waals surface area contributed by atoms with Crippen LogP contribution in [-0.2, 0) is 18.9 Å². The van der Waals surface area contributed by atoms with E-state index in [0.29, 0.717) is 18.7 Å². The third kappa shape index (κ3) is 3.33. The van der Waals surface area contributed by atoms with E-state index in [1.165, 1.54) is 27.1 Å². The second-order valence-electron chi connectivity index (χ2n) is 6.31. The smallest absolute Gasteiger partial charge is 0.333 e. The van der Waals surface area contributed by atoms with E-state index in [9.17, 15) is 19.5 Å². The topological polar surface area (TPSA) is 106 Å². The van der Waals surface area contributed by atoms with Gasteiger partial charge in [0.1, 0.15) is 5.56 Å². The highest BCUT2D eigenvalue weighted by atomic mass is 16.3. The molecule has 0 radical (unpaired) electrons. The Balaban J connectivity index is 2.17. The van der Waals surface area contributed by atoms with Crippen molar-refractivity contribution in [3.63, 3.8) is 0 Å². The lowest BCUT2D eigenvalue weighted by Gasteiger charge is -2.09. The average Bonchev–Trinajstić information content (AvgIpc) is 2.99. The van der Waals surface area contributed by atoms with Crippen molar-refractivity contribution < 1.29 is 9.90 Å². The van der Waals surface area contributed by atoms with Crippen LogP contribution in [0.5, 0.6) is 5.88 Å². The predicted molar refractivity (Wildman–Crippen MR) is 100 cm³/mol. The molecule has 0 bridgehead atoms. The third-order valence-corrected chi connectivity index (χ3v) is 4.48. The second-order valence-corrected chi connectivity index (χ2v) is 6.31. The quantitative estimate of drug-likeness (QED) is 0.733. The van der Waals surface area contributed by atoms with E-state index < -0.39 is 17.1 Å². The number of aromatic hydroxyl groups is 1. The van der Waals surface area contributed by atoms with E-state index >= 15 is 0 Å². The molecule has 2 N–H and O–H groups in total. The zero-order chi connectivity index (χ0) is 19.7. The van der Waals surface area contributed by atoms with Crippen molar-refractivity contribution in [3.8, 4) is 5.88 Å². The van der Waals surface area contributed by atoms with Crippen LogP contribution in [0.3, 0.4) is 0 Å². The van der Waals surface area contributed by atoms with Gasteiger partial charge in [0.05, 0.1) is 11.1 Å². The molecular weight excluding hydrogens is 348 g/mol. The highest BCUT2D eigenvalue weighted by Gasteiger charge is 2.18. The van der Waals surface area contributed by atoms with Gasteiger partial charge in [0.15, 0.2) is 0 Å². The van der Waals surface area contributed by atoms with E-state index in [-0.39, 0.29) is 11.5 Å². The molecule has 1 amide bonds. The van der Waals surface area contributed by atoms with Gasteiger partial charge in [-0.3, -0.25) is 18.7 Å². The number of allylic oxidation sites excluding steroid dienone is 1. The Hall–Kier alpha value is -3.42. The number of benzene rings is 1. The lowest BCUT2D eigenvalue weighted by molar-refractivity contribution is -0.118. The molecule has 27 heavy (non-hydrogen) atoms. The van der Waals surface area contributed by atoms with Gasteiger partial charge in [-0.25, -0.2) is 9.79 Å². The summed E-state index contributed by atoms with van der Waals surface area (Å²) < 4.78 is 1.94. The third-order valence-electron chi connectivity index (χ3n) is 4.48. The summed E-state index contributed by atoms with van der Waals surface area (Å²) in [5.41, 5.74) is 0.155. The summed E-state index contributed by atoms with van der Waals surface area (Å²) in [4.78, 5) is 40.1. The number of hydrogen-bond donors (Lipinski definition) is 2. The lowest BCUT2D eigenvalue weighted by atomic mass is 10.1. The number of amides is 1. The maximum Gasteiger partial charge on any atom is 0.333 e. The van der Waals surface area contributed by atoms with Gasteiger partial charge in [-0.05, 0) is 24.1 Å². The minimum atomic E-state index is -0.610. The molecule has 1 aliphatic rings. The maximum absolute atomic E-state index is 12.5. The predicted octanol–water partition coefficient (Wildman–Crippen LogP) is -0.859. The zero-order valence-corrected chi connectivity index (χ0v) is 15.3. The number of aromatic nitrogens is 2. The first-order chi connectivity index (χ1) is 12.8. The summed E-state index contributed by atoms with van der Waals surface area (Å²) in [5.74, 6) is -0.545. The van der Waals surface area contributed by atoms with Crippen LogP contribution in [0.2, 0.25) is 0 Å². The fraction of sp³-hybridized carbons (Fsp3) is 0.263. The van der Waals surface area contributed by atoms with E-state index in [4.69, 9.17) is 0 Å². The Bertz CT molecular complexity index is 1200. The minimum Gasteiger partial charge on any atom is -0.494 e. The van der Waals surface area contributed by atoms with E-state index in [0.717, 1.165) is 25.3 Å². The number of nitrogens with one attached hydrogen (secondary N) is 1. The Morgan fingerprint density at radius 1 is 1.22 bits per heavy atom. The van der Waals surface area contributed by atoms with E-state index in [1.54, 1.807) is 0 Å².